The van der Waals surface area contributed by atoms with Crippen molar-refractivity contribution in [2.75, 3.05) is 13.1 Å². The Morgan fingerprint density at radius 2 is 1.57 bits per heavy atom. The highest BCUT2D eigenvalue weighted by atomic mass is 32.1. The lowest BCUT2D eigenvalue weighted by molar-refractivity contribution is -0.219. The molecule has 5 aliphatic rings. The van der Waals surface area contributed by atoms with E-state index >= 15 is 0 Å². The predicted octanol–water partition coefficient (Wildman–Crippen LogP) is 2.53. The van der Waals surface area contributed by atoms with Crippen molar-refractivity contribution in [3.8, 4) is 0 Å². The van der Waals surface area contributed by atoms with Crippen LogP contribution in [0.25, 0.3) is 0 Å². The van der Waals surface area contributed by atoms with Crippen LogP contribution in [0.3, 0.4) is 0 Å². The van der Waals surface area contributed by atoms with Crippen LogP contribution in [0.2, 0.25) is 0 Å². The van der Waals surface area contributed by atoms with Crippen molar-refractivity contribution in [3.63, 3.8) is 0 Å². The summed E-state index contributed by atoms with van der Waals surface area (Å²) in [5.41, 5.74) is 12.1. The predicted molar refractivity (Wildman–Crippen MR) is 153 cm³/mol. The summed E-state index contributed by atoms with van der Waals surface area (Å²) in [5.74, 6) is 0.511. The molecule has 14 atom stereocenters. The van der Waals surface area contributed by atoms with Crippen molar-refractivity contribution >= 4 is 25.3 Å². The van der Waals surface area contributed by atoms with Gasteiger partial charge in [0.1, 0.15) is 0 Å². The third-order valence-electron chi connectivity index (χ3n) is 13.4. The molecule has 0 bridgehead atoms. The number of aliphatic hydroxyl groups is 4. The van der Waals surface area contributed by atoms with Crippen molar-refractivity contribution < 1.29 is 20.4 Å². The van der Waals surface area contributed by atoms with E-state index in [1.165, 1.54) is 5.57 Å². The molecule has 8 heteroatoms. The lowest BCUT2D eigenvalue weighted by atomic mass is 9.35. The summed E-state index contributed by atoms with van der Waals surface area (Å²) in [4.78, 5) is 0. The summed E-state index contributed by atoms with van der Waals surface area (Å²) in [6, 6.07) is 0. The molecular weight excluding hydrogens is 504 g/mol. The molecule has 4 fully saturated rings. The van der Waals surface area contributed by atoms with Crippen molar-refractivity contribution in [2.45, 2.75) is 107 Å². The zero-order valence-electron chi connectivity index (χ0n) is 23.2. The highest BCUT2D eigenvalue weighted by molar-refractivity contribution is 7.82. The number of thiol groups is 2. The van der Waals surface area contributed by atoms with Crippen LogP contribution in [0.5, 0.6) is 0 Å². The smallest absolute Gasteiger partial charge is 0.0947 e. The van der Waals surface area contributed by atoms with Crippen LogP contribution in [0.4, 0.5) is 0 Å². The van der Waals surface area contributed by atoms with Crippen LogP contribution in [-0.4, -0.2) is 67.4 Å². The van der Waals surface area contributed by atoms with E-state index < -0.39 is 34.6 Å². The van der Waals surface area contributed by atoms with Gasteiger partial charge >= 0.3 is 0 Å². The minimum absolute atomic E-state index is 0.108. The van der Waals surface area contributed by atoms with E-state index in [2.05, 4.69) is 33.8 Å². The van der Waals surface area contributed by atoms with E-state index in [4.69, 9.17) is 36.7 Å². The minimum Gasteiger partial charge on any atom is -0.392 e. The fourth-order valence-corrected chi connectivity index (χ4v) is 11.9. The highest BCUT2D eigenvalue weighted by Gasteiger charge is 2.73. The summed E-state index contributed by atoms with van der Waals surface area (Å²) in [6.45, 7) is 11.5. The fourth-order valence-electron chi connectivity index (χ4n) is 10.6. The van der Waals surface area contributed by atoms with E-state index in [1.807, 2.05) is 6.92 Å². The average Bonchev–Trinajstić information content (AvgIpc) is 2.82. The first-order valence-electron chi connectivity index (χ1n) is 14.3. The normalized spacial score (nSPS) is 61.5. The Kier molecular flexibility index (Phi) is 6.68. The first kappa shape index (κ1) is 28.7. The first-order chi connectivity index (χ1) is 17.0. The van der Waals surface area contributed by atoms with E-state index in [-0.39, 0.29) is 51.2 Å². The standard InChI is InChI=1S/C29H50N2O4S2/c1-15-10-20(32)24(2,13-30)18-8-9-25(3)19(29(15,18)37)7-6-16-17-11-27(5,36)22(34)23(35)28(17,14-31)21(33)12-26(16,25)4/h6,15,17-23,32-37H,7-14,30-31H2,1-5H3/t15?,17?,18?,19?,20?,21-,22?,23+,24-,25?,26-,27-,28?,29?/m1/s1. The van der Waals surface area contributed by atoms with Gasteiger partial charge in [0, 0.05) is 33.4 Å². The second kappa shape index (κ2) is 8.60. The molecule has 0 aromatic carbocycles. The molecule has 212 valence electrons. The molecule has 0 aromatic heterocycles. The monoisotopic (exact) mass is 554 g/mol. The Morgan fingerprint density at radius 1 is 0.919 bits per heavy atom. The summed E-state index contributed by atoms with van der Waals surface area (Å²) >= 11 is 10.4. The van der Waals surface area contributed by atoms with Crippen molar-refractivity contribution in [1.29, 1.82) is 0 Å². The van der Waals surface area contributed by atoms with Crippen molar-refractivity contribution in [3.05, 3.63) is 11.6 Å². The van der Waals surface area contributed by atoms with Crippen LogP contribution < -0.4 is 11.5 Å². The van der Waals surface area contributed by atoms with E-state index in [1.54, 1.807) is 0 Å². The van der Waals surface area contributed by atoms with Gasteiger partial charge < -0.3 is 31.9 Å². The Morgan fingerprint density at radius 3 is 2.16 bits per heavy atom. The average molecular weight is 555 g/mol. The van der Waals surface area contributed by atoms with Gasteiger partial charge in [0.05, 0.1) is 24.4 Å². The number of nitrogens with two attached hydrogens (primary N) is 2. The van der Waals surface area contributed by atoms with Crippen LogP contribution in [-0.2, 0) is 0 Å². The number of aliphatic hydroxyl groups excluding tert-OH is 4. The summed E-state index contributed by atoms with van der Waals surface area (Å²) in [6.07, 6.45) is 3.37. The Bertz CT molecular complexity index is 980. The maximum absolute atomic E-state index is 11.9. The molecular formula is C29H50N2O4S2. The van der Waals surface area contributed by atoms with Crippen LogP contribution in [0.15, 0.2) is 11.6 Å². The van der Waals surface area contributed by atoms with Gasteiger partial charge in [-0.2, -0.15) is 25.3 Å². The van der Waals surface area contributed by atoms with Gasteiger partial charge in [0.15, 0.2) is 0 Å². The van der Waals surface area contributed by atoms with Crippen LogP contribution in [0, 0.1) is 45.3 Å². The lowest BCUT2D eigenvalue weighted by Crippen LogP contribution is -2.74. The maximum atomic E-state index is 11.9. The number of allylic oxidation sites excluding steroid dienone is 2. The highest BCUT2D eigenvalue weighted by Crippen LogP contribution is 2.75. The topological polar surface area (TPSA) is 133 Å². The molecule has 6 nitrogen and oxygen atoms in total. The number of rotatable bonds is 2. The maximum Gasteiger partial charge on any atom is 0.0947 e. The molecule has 0 aliphatic heterocycles. The molecule has 9 unspecified atom stereocenters. The van der Waals surface area contributed by atoms with E-state index in [0.717, 1.165) is 19.3 Å². The zero-order valence-corrected chi connectivity index (χ0v) is 25.0. The fraction of sp³-hybridized carbons (Fsp3) is 0.931. The second-order valence-corrected chi connectivity index (χ2v) is 16.4. The van der Waals surface area contributed by atoms with Gasteiger partial charge in [-0.05, 0) is 80.0 Å². The molecule has 5 aliphatic carbocycles. The molecule has 0 heterocycles. The second-order valence-electron chi connectivity index (χ2n) is 14.6. The third kappa shape index (κ3) is 3.25. The van der Waals surface area contributed by atoms with E-state index in [0.29, 0.717) is 25.8 Å². The summed E-state index contributed by atoms with van der Waals surface area (Å²) in [5, 5.41) is 45.4. The summed E-state index contributed by atoms with van der Waals surface area (Å²) in [7, 11) is 0. The molecule has 0 spiro atoms. The molecule has 0 aromatic rings. The molecule has 0 saturated heterocycles. The van der Waals surface area contributed by atoms with Gasteiger partial charge in [-0.3, -0.25) is 0 Å². The Balaban J connectivity index is 1.65. The number of hydrogen-bond acceptors (Lipinski definition) is 8. The number of fused-ring (bicyclic) bond motifs is 7. The van der Waals surface area contributed by atoms with Crippen molar-refractivity contribution in [1.82, 2.24) is 0 Å². The van der Waals surface area contributed by atoms with Crippen LogP contribution >= 0.6 is 25.3 Å². The minimum atomic E-state index is -1.15. The molecule has 8 N–H and O–H groups in total. The quantitative estimate of drug-likeness (QED) is 0.195. The number of hydrogen-bond donors (Lipinski definition) is 8. The molecule has 37 heavy (non-hydrogen) atoms. The molecule has 5 rings (SSSR count). The largest absolute Gasteiger partial charge is 0.392 e. The molecule has 0 radical (unpaired) electrons. The Labute approximate surface area is 233 Å². The zero-order chi connectivity index (χ0) is 27.6. The van der Waals surface area contributed by atoms with Gasteiger partial charge in [-0.15, -0.1) is 0 Å². The lowest BCUT2D eigenvalue weighted by Gasteiger charge is -2.73. The van der Waals surface area contributed by atoms with Crippen LogP contribution in [0.1, 0.15) is 73.1 Å². The van der Waals surface area contributed by atoms with E-state index in [9.17, 15) is 20.4 Å². The first-order valence-corrected chi connectivity index (χ1v) is 15.2. The Hall–Kier alpha value is 0.200. The van der Waals surface area contributed by atoms with Gasteiger partial charge in [-0.1, -0.05) is 39.3 Å². The summed E-state index contributed by atoms with van der Waals surface area (Å²) < 4.78 is -1.09. The van der Waals surface area contributed by atoms with Crippen molar-refractivity contribution in [2.24, 2.45) is 56.8 Å². The molecule has 4 saturated carbocycles. The molecule has 0 amide bonds. The van der Waals surface area contributed by atoms with Gasteiger partial charge in [-0.25, -0.2) is 0 Å². The van der Waals surface area contributed by atoms with Gasteiger partial charge in [0.25, 0.3) is 0 Å². The third-order valence-corrected chi connectivity index (χ3v) is 14.9. The van der Waals surface area contributed by atoms with Gasteiger partial charge in [0.2, 0.25) is 0 Å². The SMILES string of the molecule is CC1CC(O)[C@](C)(CN)C2CCC3(C)C(CC=C4C5C[C@@](C)(S)C(O)[C@H](O)C5(CN)[C@H](O)C[C@]43C)C12S.